The Kier molecular flexibility index (Phi) is 5.30. The van der Waals surface area contributed by atoms with Crippen molar-refractivity contribution >= 4 is 16.8 Å². The van der Waals surface area contributed by atoms with E-state index in [0.29, 0.717) is 17.7 Å². The van der Waals surface area contributed by atoms with Crippen LogP contribution in [0.3, 0.4) is 0 Å². The van der Waals surface area contributed by atoms with Crippen molar-refractivity contribution < 1.29 is 9.90 Å². The summed E-state index contributed by atoms with van der Waals surface area (Å²) in [5, 5.41) is 11.2. The molecule has 0 spiro atoms. The molecule has 0 aliphatic rings. The van der Waals surface area contributed by atoms with Gasteiger partial charge in [-0.25, -0.2) is 9.97 Å². The van der Waals surface area contributed by atoms with Gasteiger partial charge in [-0.2, -0.15) is 0 Å². The van der Waals surface area contributed by atoms with Crippen LogP contribution in [0.4, 0.5) is 0 Å². The zero-order valence-electron chi connectivity index (χ0n) is 14.0. The average molecular weight is 336 g/mol. The van der Waals surface area contributed by atoms with Gasteiger partial charge >= 0.3 is 0 Å². The summed E-state index contributed by atoms with van der Waals surface area (Å²) in [4.78, 5) is 26.8. The number of nitrogens with zero attached hydrogens (tertiary/aromatic N) is 4. The molecule has 2 heterocycles. The molecule has 0 saturated heterocycles. The van der Waals surface area contributed by atoms with E-state index in [-0.39, 0.29) is 12.5 Å². The largest absolute Gasteiger partial charge is 0.386 e. The van der Waals surface area contributed by atoms with Gasteiger partial charge in [0.05, 0.1) is 18.2 Å². The number of carbonyl (C=O) groups excluding carboxylic acids is 1. The summed E-state index contributed by atoms with van der Waals surface area (Å²) in [5.41, 5.74) is 2.06. The van der Waals surface area contributed by atoms with Crippen LogP contribution in [0.25, 0.3) is 10.9 Å². The highest BCUT2D eigenvalue weighted by atomic mass is 16.3. The molecule has 2 aromatic heterocycles. The van der Waals surface area contributed by atoms with E-state index in [1.165, 1.54) is 6.33 Å². The first-order valence-electron chi connectivity index (χ1n) is 8.26. The summed E-state index contributed by atoms with van der Waals surface area (Å²) < 4.78 is 0. The van der Waals surface area contributed by atoms with Crippen molar-refractivity contribution in [2.45, 2.75) is 19.4 Å². The smallest absolute Gasteiger partial charge is 0.253 e. The lowest BCUT2D eigenvalue weighted by Crippen LogP contribution is -2.35. The fraction of sp³-hybridized carbons (Fsp3) is 0.263. The number of carbonyl (C=O) groups is 1. The van der Waals surface area contributed by atoms with Gasteiger partial charge in [0.1, 0.15) is 6.33 Å². The van der Waals surface area contributed by atoms with E-state index in [0.717, 1.165) is 17.3 Å². The molecule has 128 valence electrons. The number of aliphatic hydroxyl groups excluding tert-OH is 1. The van der Waals surface area contributed by atoms with Crippen LogP contribution in [0.1, 0.15) is 35.4 Å². The number of hydrogen-bond donors (Lipinski definition) is 1. The maximum atomic E-state index is 12.9. The van der Waals surface area contributed by atoms with Crippen LogP contribution in [0.2, 0.25) is 0 Å². The molecule has 0 saturated carbocycles. The second-order valence-corrected chi connectivity index (χ2v) is 5.85. The minimum atomic E-state index is -0.770. The van der Waals surface area contributed by atoms with Crippen LogP contribution >= 0.6 is 0 Å². The molecule has 3 aromatic rings. The van der Waals surface area contributed by atoms with Crippen LogP contribution in [-0.4, -0.2) is 44.0 Å². The van der Waals surface area contributed by atoms with Gasteiger partial charge in [-0.15, -0.1) is 0 Å². The predicted molar refractivity (Wildman–Crippen MR) is 94.9 cm³/mol. The Morgan fingerprint density at radius 3 is 2.88 bits per heavy atom. The van der Waals surface area contributed by atoms with Crippen LogP contribution in [-0.2, 0) is 0 Å². The summed E-state index contributed by atoms with van der Waals surface area (Å²) >= 11 is 0. The Morgan fingerprint density at radius 1 is 1.24 bits per heavy atom. The number of hydrogen-bond acceptors (Lipinski definition) is 5. The Bertz CT molecular complexity index is 854. The molecule has 0 bridgehead atoms. The second kappa shape index (κ2) is 7.81. The Hall–Kier alpha value is -2.86. The first-order chi connectivity index (χ1) is 12.2. The molecule has 1 amide bonds. The van der Waals surface area contributed by atoms with Crippen molar-refractivity contribution in [3.63, 3.8) is 0 Å². The first-order valence-corrected chi connectivity index (χ1v) is 8.26. The van der Waals surface area contributed by atoms with E-state index in [2.05, 4.69) is 15.0 Å². The van der Waals surface area contributed by atoms with E-state index in [4.69, 9.17) is 0 Å². The minimum Gasteiger partial charge on any atom is -0.386 e. The molecule has 0 fully saturated rings. The summed E-state index contributed by atoms with van der Waals surface area (Å²) in [7, 11) is 0. The molecular weight excluding hydrogens is 316 g/mol. The minimum absolute atomic E-state index is 0.115. The van der Waals surface area contributed by atoms with Gasteiger partial charge in [0.15, 0.2) is 0 Å². The van der Waals surface area contributed by atoms with Crippen LogP contribution in [0.5, 0.6) is 0 Å². The number of aromatic nitrogens is 3. The topological polar surface area (TPSA) is 79.2 Å². The van der Waals surface area contributed by atoms with Crippen molar-refractivity contribution in [1.82, 2.24) is 19.9 Å². The highest BCUT2D eigenvalue weighted by Gasteiger charge is 2.20. The highest BCUT2D eigenvalue weighted by Crippen LogP contribution is 2.18. The molecule has 1 atom stereocenters. The maximum Gasteiger partial charge on any atom is 0.253 e. The SMILES string of the molecule is CCCN(CC(O)c1cccnc1)C(=O)c1ccc2ncncc2c1. The molecule has 6 heteroatoms. The molecule has 1 unspecified atom stereocenters. The lowest BCUT2D eigenvalue weighted by molar-refractivity contribution is 0.0622. The monoisotopic (exact) mass is 336 g/mol. The number of amides is 1. The second-order valence-electron chi connectivity index (χ2n) is 5.85. The zero-order chi connectivity index (χ0) is 17.6. The van der Waals surface area contributed by atoms with Gasteiger partial charge < -0.3 is 10.0 Å². The maximum absolute atomic E-state index is 12.9. The molecule has 1 aromatic carbocycles. The third kappa shape index (κ3) is 3.97. The average Bonchev–Trinajstić information content (AvgIpc) is 2.67. The summed E-state index contributed by atoms with van der Waals surface area (Å²) in [6.07, 6.45) is 6.48. The fourth-order valence-electron chi connectivity index (χ4n) is 2.73. The van der Waals surface area contributed by atoms with Crippen molar-refractivity contribution in [3.05, 3.63) is 66.4 Å². The Morgan fingerprint density at radius 2 is 2.12 bits per heavy atom. The molecule has 6 nitrogen and oxygen atoms in total. The van der Waals surface area contributed by atoms with Gasteiger partial charge in [0.2, 0.25) is 0 Å². The van der Waals surface area contributed by atoms with Crippen LogP contribution in [0.15, 0.2) is 55.2 Å². The molecule has 0 radical (unpaired) electrons. The van der Waals surface area contributed by atoms with E-state index in [1.54, 1.807) is 47.8 Å². The number of benzene rings is 1. The zero-order valence-corrected chi connectivity index (χ0v) is 14.0. The fourth-order valence-corrected chi connectivity index (χ4v) is 2.73. The van der Waals surface area contributed by atoms with E-state index < -0.39 is 6.10 Å². The first kappa shape index (κ1) is 17.0. The van der Waals surface area contributed by atoms with E-state index in [9.17, 15) is 9.90 Å². The predicted octanol–water partition coefficient (Wildman–Crippen LogP) is 2.61. The third-order valence-electron chi connectivity index (χ3n) is 3.99. The molecule has 0 aliphatic heterocycles. The molecule has 25 heavy (non-hydrogen) atoms. The number of rotatable bonds is 6. The van der Waals surface area contributed by atoms with Crippen molar-refractivity contribution in [1.29, 1.82) is 0 Å². The Balaban J connectivity index is 1.82. The van der Waals surface area contributed by atoms with Gasteiger partial charge in [-0.3, -0.25) is 9.78 Å². The van der Waals surface area contributed by atoms with Gasteiger partial charge in [-0.05, 0) is 30.7 Å². The van der Waals surface area contributed by atoms with E-state index >= 15 is 0 Å². The lowest BCUT2D eigenvalue weighted by Gasteiger charge is -2.25. The standard InChI is InChI=1S/C19H20N4O2/c1-2-8-23(12-18(24)15-4-3-7-20-10-15)19(25)14-5-6-17-16(9-14)11-21-13-22-17/h3-7,9-11,13,18,24H,2,8,12H2,1H3. The van der Waals surface area contributed by atoms with Crippen LogP contribution < -0.4 is 0 Å². The summed E-state index contributed by atoms with van der Waals surface area (Å²) in [6, 6.07) is 8.94. The molecule has 1 N–H and O–H groups in total. The highest BCUT2D eigenvalue weighted by molar-refractivity contribution is 5.97. The normalized spacial score (nSPS) is 12.1. The Labute approximate surface area is 146 Å². The molecule has 0 aliphatic carbocycles. The lowest BCUT2D eigenvalue weighted by atomic mass is 10.1. The summed E-state index contributed by atoms with van der Waals surface area (Å²) in [6.45, 7) is 2.80. The van der Waals surface area contributed by atoms with Gasteiger partial charge in [0.25, 0.3) is 5.91 Å². The van der Waals surface area contributed by atoms with Crippen molar-refractivity contribution in [2.75, 3.05) is 13.1 Å². The van der Waals surface area contributed by atoms with Crippen molar-refractivity contribution in [2.24, 2.45) is 0 Å². The number of fused-ring (bicyclic) bond motifs is 1. The quantitative estimate of drug-likeness (QED) is 0.748. The van der Waals surface area contributed by atoms with Crippen molar-refractivity contribution in [3.8, 4) is 0 Å². The number of aliphatic hydroxyl groups is 1. The summed E-state index contributed by atoms with van der Waals surface area (Å²) in [5.74, 6) is -0.115. The third-order valence-corrected chi connectivity index (χ3v) is 3.99. The molecule has 3 rings (SSSR count). The van der Waals surface area contributed by atoms with Gasteiger partial charge in [-0.1, -0.05) is 13.0 Å². The van der Waals surface area contributed by atoms with E-state index in [1.807, 2.05) is 13.0 Å². The van der Waals surface area contributed by atoms with Crippen LogP contribution in [0, 0.1) is 0 Å². The van der Waals surface area contributed by atoms with Gasteiger partial charge in [0, 0.05) is 41.6 Å². The number of pyridine rings is 1. The molecular formula is C19H20N4O2.